The van der Waals surface area contributed by atoms with Gasteiger partial charge >= 0.3 is 5.97 Å². The van der Waals surface area contributed by atoms with Crippen molar-refractivity contribution in [3.05, 3.63) is 70.0 Å². The van der Waals surface area contributed by atoms with Crippen molar-refractivity contribution in [2.24, 2.45) is 5.92 Å². The van der Waals surface area contributed by atoms with Gasteiger partial charge < -0.3 is 15.0 Å². The first-order valence-corrected chi connectivity index (χ1v) is 12.2. The third kappa shape index (κ3) is 5.51. The highest BCUT2D eigenvalue weighted by atomic mass is 32.1. The Hall–Kier alpha value is -3.52. The monoisotopic (exact) mass is 477 g/mol. The van der Waals surface area contributed by atoms with Crippen LogP contribution in [-0.4, -0.2) is 42.5 Å². The SMILES string of the molecule is CCOC(=O)c1ccc(N2CC(C(=O)NCCc3ccc(-c4csc(C)n4)cc3)CC2=O)cc1. The zero-order valence-electron chi connectivity index (χ0n) is 19.2. The number of hydrogen-bond donors (Lipinski definition) is 1. The Labute approximate surface area is 202 Å². The summed E-state index contributed by atoms with van der Waals surface area (Å²) in [5.41, 5.74) is 4.29. The summed E-state index contributed by atoms with van der Waals surface area (Å²) < 4.78 is 4.98. The molecule has 8 heteroatoms. The maximum Gasteiger partial charge on any atom is 0.338 e. The highest BCUT2D eigenvalue weighted by Crippen LogP contribution is 2.26. The summed E-state index contributed by atoms with van der Waals surface area (Å²) in [6.45, 7) is 4.88. The molecule has 34 heavy (non-hydrogen) atoms. The zero-order chi connectivity index (χ0) is 24.1. The molecule has 2 heterocycles. The smallest absolute Gasteiger partial charge is 0.338 e. The molecule has 1 aromatic heterocycles. The Kier molecular flexibility index (Phi) is 7.37. The van der Waals surface area contributed by atoms with Gasteiger partial charge in [-0.1, -0.05) is 24.3 Å². The molecule has 2 amide bonds. The minimum atomic E-state index is -0.396. The van der Waals surface area contributed by atoms with Gasteiger partial charge in [0.25, 0.3) is 0 Å². The summed E-state index contributed by atoms with van der Waals surface area (Å²) >= 11 is 1.63. The Balaban J connectivity index is 1.27. The maximum atomic E-state index is 12.7. The summed E-state index contributed by atoms with van der Waals surface area (Å²) in [6, 6.07) is 14.9. The highest BCUT2D eigenvalue weighted by Gasteiger charge is 2.35. The van der Waals surface area contributed by atoms with Crippen molar-refractivity contribution in [2.45, 2.75) is 26.7 Å². The number of rotatable bonds is 8. The van der Waals surface area contributed by atoms with E-state index in [-0.39, 0.29) is 18.2 Å². The highest BCUT2D eigenvalue weighted by molar-refractivity contribution is 7.09. The van der Waals surface area contributed by atoms with Crippen LogP contribution in [0.25, 0.3) is 11.3 Å². The van der Waals surface area contributed by atoms with Crippen LogP contribution in [0.5, 0.6) is 0 Å². The van der Waals surface area contributed by atoms with E-state index in [0.717, 1.165) is 21.8 Å². The number of esters is 1. The van der Waals surface area contributed by atoms with Crippen LogP contribution in [0.15, 0.2) is 53.9 Å². The van der Waals surface area contributed by atoms with Crippen molar-refractivity contribution in [1.29, 1.82) is 0 Å². The van der Waals surface area contributed by atoms with Crippen molar-refractivity contribution >= 4 is 34.8 Å². The third-order valence-corrected chi connectivity index (χ3v) is 6.54. The normalized spacial score (nSPS) is 15.4. The quantitative estimate of drug-likeness (QED) is 0.496. The number of aromatic nitrogens is 1. The molecule has 7 nitrogen and oxygen atoms in total. The number of anilines is 1. The number of nitrogens with one attached hydrogen (secondary N) is 1. The molecule has 1 unspecified atom stereocenters. The van der Waals surface area contributed by atoms with Crippen LogP contribution >= 0.6 is 11.3 Å². The van der Waals surface area contributed by atoms with Crippen LogP contribution in [-0.2, 0) is 20.7 Å². The van der Waals surface area contributed by atoms with Gasteiger partial charge in [0, 0.05) is 36.1 Å². The number of nitrogens with zero attached hydrogens (tertiary/aromatic N) is 2. The molecule has 0 bridgehead atoms. The van der Waals surface area contributed by atoms with E-state index in [1.54, 1.807) is 47.4 Å². The van der Waals surface area contributed by atoms with Crippen molar-refractivity contribution in [1.82, 2.24) is 10.3 Å². The molecule has 1 fully saturated rings. The average molecular weight is 478 g/mol. The van der Waals surface area contributed by atoms with Crippen molar-refractivity contribution in [3.8, 4) is 11.3 Å². The molecule has 2 aromatic carbocycles. The Morgan fingerprint density at radius 1 is 1.15 bits per heavy atom. The predicted octanol–water partition coefficient (Wildman–Crippen LogP) is 4.01. The molecule has 1 aliphatic heterocycles. The van der Waals surface area contributed by atoms with E-state index in [1.807, 2.05) is 24.4 Å². The Morgan fingerprint density at radius 3 is 2.53 bits per heavy atom. The molecule has 4 rings (SSSR count). The number of ether oxygens (including phenoxy) is 1. The number of benzene rings is 2. The lowest BCUT2D eigenvalue weighted by molar-refractivity contribution is -0.126. The topological polar surface area (TPSA) is 88.6 Å². The van der Waals surface area contributed by atoms with Crippen molar-refractivity contribution in [2.75, 3.05) is 24.6 Å². The van der Waals surface area contributed by atoms with Gasteiger partial charge in [-0.25, -0.2) is 9.78 Å². The minimum absolute atomic E-state index is 0.100. The Bertz CT molecular complexity index is 1170. The lowest BCUT2D eigenvalue weighted by atomic mass is 10.1. The molecule has 0 saturated carbocycles. The van der Waals surface area contributed by atoms with Crippen LogP contribution in [0.4, 0.5) is 5.69 Å². The van der Waals surface area contributed by atoms with E-state index in [1.165, 1.54) is 0 Å². The molecule has 0 radical (unpaired) electrons. The van der Waals surface area contributed by atoms with Crippen LogP contribution in [0.2, 0.25) is 0 Å². The van der Waals surface area contributed by atoms with Gasteiger partial charge in [-0.05, 0) is 50.1 Å². The number of hydrogen-bond acceptors (Lipinski definition) is 6. The zero-order valence-corrected chi connectivity index (χ0v) is 20.1. The first-order valence-electron chi connectivity index (χ1n) is 11.3. The molecule has 1 saturated heterocycles. The number of thiazole rings is 1. The summed E-state index contributed by atoms with van der Waals surface area (Å²) in [5.74, 6) is -1.01. The van der Waals surface area contributed by atoms with Gasteiger partial charge in [0.1, 0.15) is 0 Å². The molecular weight excluding hydrogens is 450 g/mol. The van der Waals surface area contributed by atoms with E-state index >= 15 is 0 Å². The molecule has 0 spiro atoms. The van der Waals surface area contributed by atoms with Crippen molar-refractivity contribution in [3.63, 3.8) is 0 Å². The fourth-order valence-corrected chi connectivity index (χ4v) is 4.56. The second-order valence-corrected chi connectivity index (χ2v) is 9.22. The number of carbonyl (C=O) groups excluding carboxylic acids is 3. The maximum absolute atomic E-state index is 12.7. The first-order chi connectivity index (χ1) is 16.4. The molecule has 176 valence electrons. The molecule has 1 aliphatic rings. The fraction of sp³-hybridized carbons (Fsp3) is 0.308. The fourth-order valence-electron chi connectivity index (χ4n) is 3.94. The summed E-state index contributed by atoms with van der Waals surface area (Å²) in [5, 5.41) is 6.05. The molecular formula is C26H27N3O4S. The van der Waals surface area contributed by atoms with Crippen LogP contribution in [0.3, 0.4) is 0 Å². The lowest BCUT2D eigenvalue weighted by Crippen LogP contribution is -2.34. The van der Waals surface area contributed by atoms with E-state index in [9.17, 15) is 14.4 Å². The predicted molar refractivity (Wildman–Crippen MR) is 132 cm³/mol. The first kappa shape index (κ1) is 23.6. The minimum Gasteiger partial charge on any atom is -0.462 e. The molecule has 1 atom stereocenters. The van der Waals surface area contributed by atoms with Gasteiger partial charge in [-0.2, -0.15) is 0 Å². The molecule has 0 aliphatic carbocycles. The van der Waals surface area contributed by atoms with E-state index < -0.39 is 11.9 Å². The van der Waals surface area contributed by atoms with E-state index in [4.69, 9.17) is 4.74 Å². The number of aryl methyl sites for hydroxylation is 1. The van der Waals surface area contributed by atoms with Gasteiger partial charge in [-0.3, -0.25) is 9.59 Å². The van der Waals surface area contributed by atoms with E-state index in [2.05, 4.69) is 22.4 Å². The van der Waals surface area contributed by atoms with Gasteiger partial charge in [0.2, 0.25) is 11.8 Å². The van der Waals surface area contributed by atoms with Gasteiger partial charge in [0.15, 0.2) is 0 Å². The number of amides is 2. The third-order valence-electron chi connectivity index (χ3n) is 5.77. The van der Waals surface area contributed by atoms with Crippen LogP contribution < -0.4 is 10.2 Å². The Morgan fingerprint density at radius 2 is 1.88 bits per heavy atom. The van der Waals surface area contributed by atoms with Gasteiger partial charge in [-0.15, -0.1) is 11.3 Å². The van der Waals surface area contributed by atoms with Crippen LogP contribution in [0.1, 0.15) is 34.3 Å². The molecule has 3 aromatic rings. The van der Waals surface area contributed by atoms with Gasteiger partial charge in [0.05, 0.1) is 28.8 Å². The standard InChI is InChI=1S/C26H27N3O4S/c1-3-33-26(32)20-8-10-22(11-9-20)29-15-21(14-24(29)30)25(31)27-13-12-18-4-6-19(7-5-18)23-16-34-17(2)28-23/h4-11,16,21H,3,12-15H2,1-2H3,(H,27,31). The van der Waals surface area contributed by atoms with Crippen molar-refractivity contribution < 1.29 is 19.1 Å². The molecule has 1 N–H and O–H groups in total. The summed E-state index contributed by atoms with van der Waals surface area (Å²) in [4.78, 5) is 43.1. The van der Waals surface area contributed by atoms with E-state index in [0.29, 0.717) is 37.4 Å². The second kappa shape index (κ2) is 10.6. The van der Waals surface area contributed by atoms with Crippen LogP contribution in [0, 0.1) is 12.8 Å². The number of carbonyl (C=O) groups is 3. The second-order valence-electron chi connectivity index (χ2n) is 8.16. The summed E-state index contributed by atoms with van der Waals surface area (Å²) in [7, 11) is 0. The lowest BCUT2D eigenvalue weighted by Gasteiger charge is -2.17. The summed E-state index contributed by atoms with van der Waals surface area (Å²) in [6.07, 6.45) is 0.884. The average Bonchev–Trinajstić information content (AvgIpc) is 3.45. The largest absolute Gasteiger partial charge is 0.462 e.